The maximum atomic E-state index is 13.5. The summed E-state index contributed by atoms with van der Waals surface area (Å²) < 4.78 is 26.6. The molecule has 0 radical (unpaired) electrons. The molecule has 0 bridgehead atoms. The number of Topliss-reactive ketones (excluding diaryl/α,β-unsaturated/α-hetero) is 1. The normalized spacial score (nSPS) is 19.3. The minimum Gasteiger partial charge on any atom is -0.493 e. The molecule has 0 unspecified atom stereocenters. The van der Waals surface area contributed by atoms with E-state index in [1.54, 1.807) is 23.9 Å². The summed E-state index contributed by atoms with van der Waals surface area (Å²) in [6.45, 7) is 4.41. The third-order valence-electron chi connectivity index (χ3n) is 6.37. The lowest BCUT2D eigenvalue weighted by Gasteiger charge is -2.37. The summed E-state index contributed by atoms with van der Waals surface area (Å²) in [6.07, 6.45) is 3.32. The number of ketones is 1. The van der Waals surface area contributed by atoms with Crippen LogP contribution in [0.1, 0.15) is 42.5 Å². The second-order valence-electron chi connectivity index (χ2n) is 8.32. The Labute approximate surface area is 192 Å². The topological polar surface area (TPSA) is 65.4 Å². The minimum atomic E-state index is -0.321. The van der Waals surface area contributed by atoms with E-state index in [4.69, 9.17) is 14.6 Å². The lowest BCUT2D eigenvalue weighted by Crippen LogP contribution is -2.35. The van der Waals surface area contributed by atoms with E-state index in [0.29, 0.717) is 30.9 Å². The molecular formula is C26H26FN3O3. The smallest absolute Gasteiger partial charge is 0.161 e. The number of nitrogens with zero attached hydrogens (tertiary/aromatic N) is 2. The van der Waals surface area contributed by atoms with Crippen LogP contribution in [0.15, 0.2) is 54.2 Å². The van der Waals surface area contributed by atoms with Crippen LogP contribution in [0.4, 0.5) is 10.2 Å². The molecule has 2 atom stereocenters. The number of halogens is 1. The number of aromatic nitrogens is 2. The van der Waals surface area contributed by atoms with Gasteiger partial charge in [-0.25, -0.2) is 9.07 Å². The highest BCUT2D eigenvalue weighted by molar-refractivity contribution is 5.89. The first-order chi connectivity index (χ1) is 16.0. The second kappa shape index (κ2) is 8.39. The quantitative estimate of drug-likeness (QED) is 0.586. The zero-order chi connectivity index (χ0) is 23.1. The van der Waals surface area contributed by atoms with Gasteiger partial charge < -0.3 is 14.8 Å². The van der Waals surface area contributed by atoms with Crippen LogP contribution < -0.4 is 14.8 Å². The average Bonchev–Trinajstić information content (AvgIpc) is 3.15. The van der Waals surface area contributed by atoms with Crippen molar-refractivity contribution in [1.29, 1.82) is 0 Å². The van der Waals surface area contributed by atoms with Crippen molar-refractivity contribution in [3.05, 3.63) is 76.9 Å². The molecule has 6 nitrogen and oxygen atoms in total. The van der Waals surface area contributed by atoms with Gasteiger partial charge in [0.05, 0.1) is 31.0 Å². The molecule has 2 aliphatic rings. The fourth-order valence-electron chi connectivity index (χ4n) is 4.94. The first kappa shape index (κ1) is 21.2. The Bertz CT molecular complexity index is 1250. The standard InChI is InChI=1S/C26H26FN3O3/c1-4-33-21-13-8-16(14-22(21)32-3)24-23-15(2)29-30(18-11-9-17(27)10-12-18)26(23)28-19-6-5-7-20(31)25(19)24/h6,8-14,24-25,28H,4-5,7H2,1-3H3/t24-,25+/m0/s1. The van der Waals surface area contributed by atoms with Crippen molar-refractivity contribution in [1.82, 2.24) is 9.78 Å². The molecule has 33 heavy (non-hydrogen) atoms. The zero-order valence-corrected chi connectivity index (χ0v) is 18.9. The van der Waals surface area contributed by atoms with Crippen molar-refractivity contribution in [3.8, 4) is 17.2 Å². The molecule has 0 spiro atoms. The molecule has 0 saturated heterocycles. The van der Waals surface area contributed by atoms with Crippen LogP contribution in [0.2, 0.25) is 0 Å². The molecule has 2 aromatic carbocycles. The van der Waals surface area contributed by atoms with Crippen LogP contribution in [-0.2, 0) is 4.79 Å². The first-order valence-corrected chi connectivity index (χ1v) is 11.2. The van der Waals surface area contributed by atoms with E-state index in [0.717, 1.165) is 34.0 Å². The third-order valence-corrected chi connectivity index (χ3v) is 6.37. The van der Waals surface area contributed by atoms with Crippen LogP contribution in [0.25, 0.3) is 5.69 Å². The predicted octanol–water partition coefficient (Wildman–Crippen LogP) is 5.15. The summed E-state index contributed by atoms with van der Waals surface area (Å²) in [4.78, 5) is 13.2. The van der Waals surface area contributed by atoms with Gasteiger partial charge >= 0.3 is 0 Å². The molecule has 0 saturated carbocycles. The van der Waals surface area contributed by atoms with Gasteiger partial charge in [-0.2, -0.15) is 5.10 Å². The number of allylic oxidation sites excluding steroid dienone is 2. The summed E-state index contributed by atoms with van der Waals surface area (Å²) in [5, 5.41) is 8.26. The predicted molar refractivity (Wildman–Crippen MR) is 124 cm³/mol. The number of rotatable bonds is 5. The van der Waals surface area contributed by atoms with Gasteiger partial charge in [0, 0.05) is 23.6 Å². The molecule has 0 amide bonds. The van der Waals surface area contributed by atoms with Crippen molar-refractivity contribution in [2.75, 3.05) is 19.0 Å². The Morgan fingerprint density at radius 1 is 1.15 bits per heavy atom. The number of carbonyl (C=O) groups excluding carboxylic acids is 1. The SMILES string of the molecule is CCOc1ccc([C@H]2c3c(C)nn(-c4ccc(F)cc4)c3NC3=CCCC(=O)[C@@H]32)cc1OC. The number of benzene rings is 2. The van der Waals surface area contributed by atoms with Crippen LogP contribution in [0, 0.1) is 18.7 Å². The summed E-state index contributed by atoms with van der Waals surface area (Å²) in [5.74, 6) is 1.46. The van der Waals surface area contributed by atoms with E-state index in [1.807, 2.05) is 32.0 Å². The van der Waals surface area contributed by atoms with Crippen molar-refractivity contribution >= 4 is 11.6 Å². The Kier molecular flexibility index (Phi) is 5.40. The monoisotopic (exact) mass is 447 g/mol. The fourth-order valence-corrected chi connectivity index (χ4v) is 4.94. The highest BCUT2D eigenvalue weighted by Gasteiger charge is 2.43. The number of anilines is 1. The summed E-state index contributed by atoms with van der Waals surface area (Å²) in [7, 11) is 1.62. The van der Waals surface area contributed by atoms with Gasteiger partial charge in [-0.05, 0) is 62.2 Å². The lowest BCUT2D eigenvalue weighted by molar-refractivity contribution is -0.122. The zero-order valence-electron chi connectivity index (χ0n) is 18.9. The second-order valence-corrected chi connectivity index (χ2v) is 8.32. The Balaban J connectivity index is 1.71. The largest absolute Gasteiger partial charge is 0.493 e. The number of aryl methyl sites for hydroxylation is 1. The first-order valence-electron chi connectivity index (χ1n) is 11.2. The van der Waals surface area contributed by atoms with Crippen molar-refractivity contribution in [3.63, 3.8) is 0 Å². The van der Waals surface area contributed by atoms with E-state index < -0.39 is 0 Å². The summed E-state index contributed by atoms with van der Waals surface area (Å²) >= 11 is 0. The Morgan fingerprint density at radius 2 is 1.94 bits per heavy atom. The molecule has 3 aromatic rings. The number of hydrogen-bond donors (Lipinski definition) is 1. The Morgan fingerprint density at radius 3 is 2.67 bits per heavy atom. The van der Waals surface area contributed by atoms with E-state index >= 15 is 0 Å². The molecule has 1 N–H and O–H groups in total. The molecule has 1 aromatic heterocycles. The average molecular weight is 448 g/mol. The van der Waals surface area contributed by atoms with Gasteiger partial charge in [-0.1, -0.05) is 12.1 Å². The molecule has 2 heterocycles. The van der Waals surface area contributed by atoms with E-state index in [9.17, 15) is 9.18 Å². The number of hydrogen-bond acceptors (Lipinski definition) is 5. The number of ether oxygens (including phenoxy) is 2. The van der Waals surface area contributed by atoms with Gasteiger partial charge in [0.2, 0.25) is 0 Å². The van der Waals surface area contributed by atoms with Crippen LogP contribution in [0.5, 0.6) is 11.5 Å². The number of methoxy groups -OCH3 is 1. The van der Waals surface area contributed by atoms with Crippen LogP contribution in [-0.4, -0.2) is 29.3 Å². The van der Waals surface area contributed by atoms with E-state index in [-0.39, 0.29) is 23.4 Å². The van der Waals surface area contributed by atoms with Crippen molar-refractivity contribution in [2.45, 2.75) is 32.6 Å². The van der Waals surface area contributed by atoms with Crippen molar-refractivity contribution in [2.24, 2.45) is 5.92 Å². The summed E-state index contributed by atoms with van der Waals surface area (Å²) in [5.41, 5.74) is 4.38. The molecule has 5 rings (SSSR count). The number of nitrogens with one attached hydrogen (secondary N) is 1. The maximum absolute atomic E-state index is 13.5. The fraction of sp³-hybridized carbons (Fsp3) is 0.308. The molecule has 7 heteroatoms. The third kappa shape index (κ3) is 3.57. The molecule has 1 aliphatic heterocycles. The maximum Gasteiger partial charge on any atom is 0.161 e. The van der Waals surface area contributed by atoms with Gasteiger partial charge in [0.15, 0.2) is 11.5 Å². The summed E-state index contributed by atoms with van der Waals surface area (Å²) in [6, 6.07) is 12.1. The lowest BCUT2D eigenvalue weighted by atomic mass is 9.71. The van der Waals surface area contributed by atoms with Crippen LogP contribution in [0.3, 0.4) is 0 Å². The van der Waals surface area contributed by atoms with Crippen molar-refractivity contribution < 1.29 is 18.7 Å². The highest BCUT2D eigenvalue weighted by atomic mass is 19.1. The molecular weight excluding hydrogens is 421 g/mol. The Hall–Kier alpha value is -3.61. The van der Waals surface area contributed by atoms with Gasteiger partial charge in [0.1, 0.15) is 17.4 Å². The molecule has 0 fully saturated rings. The number of fused-ring (bicyclic) bond motifs is 2. The minimum absolute atomic E-state index is 0.206. The molecule has 1 aliphatic carbocycles. The van der Waals surface area contributed by atoms with E-state index in [1.165, 1.54) is 12.1 Å². The molecule has 170 valence electrons. The highest BCUT2D eigenvalue weighted by Crippen LogP contribution is 2.49. The van der Waals surface area contributed by atoms with Gasteiger partial charge in [-0.3, -0.25) is 4.79 Å². The number of carbonyl (C=O) groups is 1. The van der Waals surface area contributed by atoms with Crippen LogP contribution >= 0.6 is 0 Å². The van der Waals surface area contributed by atoms with Gasteiger partial charge in [-0.15, -0.1) is 0 Å². The van der Waals surface area contributed by atoms with E-state index in [2.05, 4.69) is 11.4 Å². The van der Waals surface area contributed by atoms with Gasteiger partial charge in [0.25, 0.3) is 0 Å².